The Morgan fingerprint density at radius 1 is 1.32 bits per heavy atom. The predicted octanol–water partition coefficient (Wildman–Crippen LogP) is 3.72. The molecule has 2 rings (SSSR count). The van der Waals surface area contributed by atoms with Gasteiger partial charge in [0.05, 0.1) is 6.26 Å². The molecule has 1 N–H and O–H groups in total. The fourth-order valence-electron chi connectivity index (χ4n) is 1.93. The number of anilines is 1. The molecule has 0 bridgehead atoms. The Morgan fingerprint density at radius 2 is 2.16 bits per heavy atom. The number of aryl methyl sites for hydroxylation is 3. The number of hydrogen-bond acceptors (Lipinski definition) is 2. The van der Waals surface area contributed by atoms with E-state index in [1.54, 1.807) is 6.26 Å². The van der Waals surface area contributed by atoms with E-state index in [2.05, 4.69) is 18.3 Å². The zero-order valence-corrected chi connectivity index (χ0v) is 11.4. The van der Waals surface area contributed by atoms with Crippen LogP contribution in [0, 0.1) is 6.92 Å². The normalized spacial score (nSPS) is 10.4. The van der Waals surface area contributed by atoms with Crippen molar-refractivity contribution in [1.29, 1.82) is 0 Å². The van der Waals surface area contributed by atoms with E-state index in [4.69, 9.17) is 4.42 Å². The molecule has 3 nitrogen and oxygen atoms in total. The van der Waals surface area contributed by atoms with Crippen molar-refractivity contribution in [3.05, 3.63) is 53.5 Å². The summed E-state index contributed by atoms with van der Waals surface area (Å²) in [6.07, 6.45) is 3.66. The van der Waals surface area contributed by atoms with Gasteiger partial charge in [-0.3, -0.25) is 4.79 Å². The van der Waals surface area contributed by atoms with Gasteiger partial charge < -0.3 is 9.73 Å². The lowest BCUT2D eigenvalue weighted by atomic mass is 10.1. The van der Waals surface area contributed by atoms with Crippen LogP contribution in [-0.2, 0) is 17.6 Å². The molecule has 0 aliphatic carbocycles. The van der Waals surface area contributed by atoms with E-state index in [1.165, 1.54) is 5.56 Å². The maximum Gasteiger partial charge on any atom is 0.224 e. The van der Waals surface area contributed by atoms with E-state index in [0.29, 0.717) is 12.8 Å². The zero-order valence-electron chi connectivity index (χ0n) is 11.4. The summed E-state index contributed by atoms with van der Waals surface area (Å²) < 4.78 is 5.21. The van der Waals surface area contributed by atoms with Crippen LogP contribution in [0.5, 0.6) is 0 Å². The van der Waals surface area contributed by atoms with Crippen LogP contribution in [0.2, 0.25) is 0 Å². The molecule has 100 valence electrons. The summed E-state index contributed by atoms with van der Waals surface area (Å²) in [4.78, 5) is 11.9. The van der Waals surface area contributed by atoms with Gasteiger partial charge in [0.1, 0.15) is 5.76 Å². The molecule has 0 aliphatic heterocycles. The van der Waals surface area contributed by atoms with Gasteiger partial charge in [0.25, 0.3) is 0 Å². The van der Waals surface area contributed by atoms with Gasteiger partial charge in [-0.1, -0.05) is 19.1 Å². The average Bonchev–Trinajstić information content (AvgIpc) is 2.92. The predicted molar refractivity (Wildman–Crippen MR) is 76.2 cm³/mol. The van der Waals surface area contributed by atoms with Crippen molar-refractivity contribution in [2.75, 3.05) is 5.32 Å². The molecule has 1 aromatic carbocycles. The molecule has 1 amide bonds. The maximum absolute atomic E-state index is 11.9. The van der Waals surface area contributed by atoms with Gasteiger partial charge >= 0.3 is 0 Å². The SMILES string of the molecule is CCc1ccc(C)c(NC(=O)CCc2ccco2)c1. The Hall–Kier alpha value is -2.03. The van der Waals surface area contributed by atoms with E-state index in [9.17, 15) is 4.79 Å². The van der Waals surface area contributed by atoms with Crippen molar-refractivity contribution in [1.82, 2.24) is 0 Å². The zero-order chi connectivity index (χ0) is 13.7. The highest BCUT2D eigenvalue weighted by atomic mass is 16.3. The first-order valence-corrected chi connectivity index (χ1v) is 6.61. The summed E-state index contributed by atoms with van der Waals surface area (Å²) in [6.45, 7) is 4.11. The van der Waals surface area contributed by atoms with E-state index in [-0.39, 0.29) is 5.91 Å². The summed E-state index contributed by atoms with van der Waals surface area (Å²) in [7, 11) is 0. The van der Waals surface area contributed by atoms with E-state index < -0.39 is 0 Å². The average molecular weight is 257 g/mol. The summed E-state index contributed by atoms with van der Waals surface area (Å²) in [5, 5.41) is 2.97. The molecule has 0 aliphatic rings. The second-order valence-electron chi connectivity index (χ2n) is 4.63. The third kappa shape index (κ3) is 3.71. The van der Waals surface area contributed by atoms with Gasteiger partial charge in [-0.05, 0) is 42.7 Å². The van der Waals surface area contributed by atoms with Crippen LogP contribution >= 0.6 is 0 Å². The third-order valence-electron chi connectivity index (χ3n) is 3.16. The van der Waals surface area contributed by atoms with Gasteiger partial charge in [0, 0.05) is 18.5 Å². The van der Waals surface area contributed by atoms with Crippen LogP contribution in [0.3, 0.4) is 0 Å². The number of benzene rings is 1. The summed E-state index contributed by atoms with van der Waals surface area (Å²) in [5.41, 5.74) is 3.22. The summed E-state index contributed by atoms with van der Waals surface area (Å²) in [5.74, 6) is 0.863. The number of furan rings is 1. The van der Waals surface area contributed by atoms with Crippen molar-refractivity contribution >= 4 is 11.6 Å². The quantitative estimate of drug-likeness (QED) is 0.887. The minimum absolute atomic E-state index is 0.0211. The number of carbonyl (C=O) groups excluding carboxylic acids is 1. The summed E-state index contributed by atoms with van der Waals surface area (Å²) in [6, 6.07) is 9.90. The Balaban J connectivity index is 1.94. The van der Waals surface area contributed by atoms with Crippen LogP contribution < -0.4 is 5.32 Å². The fourth-order valence-corrected chi connectivity index (χ4v) is 1.93. The minimum Gasteiger partial charge on any atom is -0.469 e. The molecule has 0 saturated carbocycles. The van der Waals surface area contributed by atoms with Crippen LogP contribution in [0.25, 0.3) is 0 Å². The van der Waals surface area contributed by atoms with Crippen molar-refractivity contribution in [3.63, 3.8) is 0 Å². The smallest absolute Gasteiger partial charge is 0.224 e. The van der Waals surface area contributed by atoms with Crippen LogP contribution in [0.1, 0.15) is 30.2 Å². The van der Waals surface area contributed by atoms with Crippen molar-refractivity contribution < 1.29 is 9.21 Å². The Morgan fingerprint density at radius 3 is 2.84 bits per heavy atom. The standard InChI is InChI=1S/C16H19NO2/c1-3-13-7-6-12(2)15(11-13)17-16(18)9-8-14-5-4-10-19-14/h4-7,10-11H,3,8-9H2,1-2H3,(H,17,18). The first kappa shape index (κ1) is 13.4. The van der Waals surface area contributed by atoms with E-state index in [1.807, 2.05) is 31.2 Å². The second-order valence-corrected chi connectivity index (χ2v) is 4.63. The van der Waals surface area contributed by atoms with Crippen molar-refractivity contribution in [3.8, 4) is 0 Å². The highest BCUT2D eigenvalue weighted by Gasteiger charge is 2.07. The summed E-state index contributed by atoms with van der Waals surface area (Å²) >= 11 is 0. The van der Waals surface area contributed by atoms with Crippen molar-refractivity contribution in [2.45, 2.75) is 33.1 Å². The van der Waals surface area contributed by atoms with Gasteiger partial charge in [-0.25, -0.2) is 0 Å². The molecule has 0 fully saturated rings. The highest BCUT2D eigenvalue weighted by molar-refractivity contribution is 5.91. The number of carbonyl (C=O) groups is 1. The maximum atomic E-state index is 11.9. The van der Waals surface area contributed by atoms with Gasteiger partial charge in [0.15, 0.2) is 0 Å². The molecular weight excluding hydrogens is 238 g/mol. The lowest BCUT2D eigenvalue weighted by Gasteiger charge is -2.09. The molecule has 3 heteroatoms. The number of rotatable bonds is 5. The molecule has 0 radical (unpaired) electrons. The van der Waals surface area contributed by atoms with Crippen LogP contribution in [-0.4, -0.2) is 5.91 Å². The lowest BCUT2D eigenvalue weighted by Crippen LogP contribution is -2.13. The molecule has 0 spiro atoms. The molecular formula is C16H19NO2. The Labute approximate surface area is 113 Å². The topological polar surface area (TPSA) is 42.2 Å². The highest BCUT2D eigenvalue weighted by Crippen LogP contribution is 2.17. The van der Waals surface area contributed by atoms with Crippen molar-refractivity contribution in [2.24, 2.45) is 0 Å². The molecule has 0 saturated heterocycles. The molecule has 1 heterocycles. The minimum atomic E-state index is 0.0211. The number of hydrogen-bond donors (Lipinski definition) is 1. The van der Waals surface area contributed by atoms with Crippen LogP contribution in [0.15, 0.2) is 41.0 Å². The molecule has 1 aromatic heterocycles. The third-order valence-corrected chi connectivity index (χ3v) is 3.16. The largest absolute Gasteiger partial charge is 0.469 e. The molecule has 19 heavy (non-hydrogen) atoms. The van der Waals surface area contributed by atoms with Crippen LogP contribution in [0.4, 0.5) is 5.69 Å². The molecule has 0 unspecified atom stereocenters. The van der Waals surface area contributed by atoms with E-state index in [0.717, 1.165) is 23.4 Å². The first-order valence-electron chi connectivity index (χ1n) is 6.61. The van der Waals surface area contributed by atoms with Gasteiger partial charge in [-0.15, -0.1) is 0 Å². The molecule has 2 aromatic rings. The van der Waals surface area contributed by atoms with E-state index >= 15 is 0 Å². The van der Waals surface area contributed by atoms with Gasteiger partial charge in [0.2, 0.25) is 5.91 Å². The second kappa shape index (κ2) is 6.23. The Kier molecular flexibility index (Phi) is 4.39. The Bertz CT molecular complexity index is 544. The fraction of sp³-hybridized carbons (Fsp3) is 0.312. The van der Waals surface area contributed by atoms with Gasteiger partial charge in [-0.2, -0.15) is 0 Å². The monoisotopic (exact) mass is 257 g/mol. The number of amides is 1. The first-order chi connectivity index (χ1) is 9.19. The lowest BCUT2D eigenvalue weighted by molar-refractivity contribution is -0.116. The number of nitrogens with one attached hydrogen (secondary N) is 1. The molecule has 0 atom stereocenters.